The van der Waals surface area contributed by atoms with Crippen molar-refractivity contribution in [1.82, 2.24) is 0 Å². The standard InChI is InChI=1S/C25H26P2.2C15H9.Ag.Au/c1-5-13-22(14-6-1)26(23-15-7-2-8-16-23)21-27(24-17-9-3-10-18-24)25-19-11-4-12-20-25;2*1-2-11-7-5-8-13-10-12-6-3-4-9-14(12)15(11)13;;/h1-3,5-11,13-17,19-20,24H,4,12,18,21H2;2*3-9H,10H2;;/q;2*-1;2*+1/p+2. The third kappa shape index (κ3) is 10.4. The van der Waals surface area contributed by atoms with Crippen LogP contribution in [0.15, 0.2) is 193 Å². The van der Waals surface area contributed by atoms with Gasteiger partial charge in [-0.2, -0.15) is 0 Å². The summed E-state index contributed by atoms with van der Waals surface area (Å²) in [5.74, 6) is 6.39. The van der Waals surface area contributed by atoms with Crippen LogP contribution in [0, 0.1) is 24.7 Å². The normalized spacial score (nSPS) is 15.0. The Morgan fingerprint density at radius 2 is 1.05 bits per heavy atom. The molecule has 0 spiro atoms. The SMILES string of the molecule is C1=CCC([PH+](C[PH+](c2ccccc2)c2ccccc2)C2=CCCC=C2)C=C1.[Ag+].[Au+].[C-]#Cc1cccc2c1-c1ccccc1C2.[C-]#Cc1cccc2c1-c1ccccc1C2. The molecule has 59 heavy (non-hydrogen) atoms. The van der Waals surface area contributed by atoms with Gasteiger partial charge < -0.3 is 12.8 Å². The summed E-state index contributed by atoms with van der Waals surface area (Å²) in [6.45, 7) is 0. The maximum absolute atomic E-state index is 7.30. The zero-order valence-electron chi connectivity index (χ0n) is 32.8. The van der Waals surface area contributed by atoms with Gasteiger partial charge in [-0.15, -0.1) is 23.3 Å². The maximum Gasteiger partial charge on any atom is 1.00 e. The van der Waals surface area contributed by atoms with Gasteiger partial charge in [0.2, 0.25) is 0 Å². The Morgan fingerprint density at radius 3 is 1.53 bits per heavy atom. The number of fused-ring (bicyclic) bond motifs is 6. The van der Waals surface area contributed by atoms with E-state index in [1.807, 2.05) is 24.3 Å². The van der Waals surface area contributed by atoms with Crippen LogP contribution in [-0.4, -0.2) is 11.6 Å². The topological polar surface area (TPSA) is 0 Å². The van der Waals surface area contributed by atoms with Crippen molar-refractivity contribution in [1.29, 1.82) is 0 Å². The molecule has 0 bridgehead atoms. The van der Waals surface area contributed by atoms with Crippen LogP contribution in [0.2, 0.25) is 0 Å². The van der Waals surface area contributed by atoms with Crippen LogP contribution in [0.3, 0.4) is 0 Å². The van der Waals surface area contributed by atoms with Crippen LogP contribution in [0.1, 0.15) is 52.6 Å². The fourth-order valence-corrected chi connectivity index (χ4v) is 17.0. The summed E-state index contributed by atoms with van der Waals surface area (Å²) >= 11 is 0. The second-order valence-electron chi connectivity index (χ2n) is 14.8. The summed E-state index contributed by atoms with van der Waals surface area (Å²) < 4.78 is 0. The van der Waals surface area contributed by atoms with Crippen molar-refractivity contribution in [3.63, 3.8) is 0 Å². The first-order valence-corrected chi connectivity index (χ1v) is 23.5. The summed E-state index contributed by atoms with van der Waals surface area (Å²) in [4.78, 5) is 0. The minimum Gasteiger partial charge on any atom is -0.366 e. The van der Waals surface area contributed by atoms with Crippen molar-refractivity contribution in [2.75, 3.05) is 5.90 Å². The molecule has 0 amide bonds. The summed E-state index contributed by atoms with van der Waals surface area (Å²) in [5, 5.41) is 4.75. The van der Waals surface area contributed by atoms with Crippen molar-refractivity contribution in [3.8, 4) is 34.1 Å². The first kappa shape index (κ1) is 44.3. The Bertz CT molecular complexity index is 2420. The Morgan fingerprint density at radius 1 is 0.542 bits per heavy atom. The molecule has 0 saturated carbocycles. The van der Waals surface area contributed by atoms with Gasteiger partial charge in [-0.3, -0.25) is 11.8 Å². The second-order valence-corrected chi connectivity index (χ2v) is 20.7. The van der Waals surface area contributed by atoms with E-state index in [0.717, 1.165) is 24.0 Å². The van der Waals surface area contributed by atoms with E-state index in [1.54, 1.807) is 15.9 Å². The molecule has 0 saturated heterocycles. The largest absolute Gasteiger partial charge is 1.00 e. The molecule has 0 radical (unpaired) electrons. The molecule has 0 aromatic heterocycles. The molecular weight excluding hydrogens is 1030 g/mol. The van der Waals surface area contributed by atoms with E-state index in [2.05, 4.69) is 176 Å². The Labute approximate surface area is 385 Å². The molecule has 0 fully saturated rings. The molecule has 0 N–H and O–H groups in total. The maximum atomic E-state index is 7.30. The van der Waals surface area contributed by atoms with Crippen molar-refractivity contribution < 1.29 is 44.8 Å². The molecule has 2 unspecified atom stereocenters. The van der Waals surface area contributed by atoms with E-state index in [1.165, 1.54) is 69.7 Å². The molecule has 0 nitrogen and oxygen atoms in total. The third-order valence-electron chi connectivity index (χ3n) is 11.3. The van der Waals surface area contributed by atoms with E-state index in [0.29, 0.717) is 5.66 Å². The van der Waals surface area contributed by atoms with Gasteiger partial charge in [-0.25, -0.2) is 0 Å². The average molecular weight is 1070 g/mol. The zero-order chi connectivity index (χ0) is 38.8. The molecule has 6 aromatic rings. The molecule has 0 aliphatic heterocycles. The molecule has 4 aliphatic carbocycles. The van der Waals surface area contributed by atoms with Gasteiger partial charge in [0.25, 0.3) is 0 Å². The van der Waals surface area contributed by atoms with E-state index >= 15 is 0 Å². The molecule has 4 aliphatic rings. The molecule has 296 valence electrons. The van der Waals surface area contributed by atoms with Crippen molar-refractivity contribution in [2.24, 2.45) is 0 Å². The molecule has 6 aromatic carbocycles. The minimum atomic E-state index is -0.782. The third-order valence-corrected chi connectivity index (χ3v) is 18.7. The van der Waals surface area contributed by atoms with Gasteiger partial charge in [0.05, 0.1) is 18.9 Å². The van der Waals surface area contributed by atoms with Crippen LogP contribution in [0.5, 0.6) is 0 Å². The van der Waals surface area contributed by atoms with Gasteiger partial charge in [0.1, 0.15) is 18.5 Å². The van der Waals surface area contributed by atoms with E-state index in [-0.39, 0.29) is 44.8 Å². The Kier molecular flexibility index (Phi) is 16.4. The number of allylic oxidation sites excluding steroid dienone is 8. The van der Waals surface area contributed by atoms with E-state index < -0.39 is 15.8 Å². The molecule has 10 rings (SSSR count). The van der Waals surface area contributed by atoms with Crippen molar-refractivity contribution in [2.45, 2.75) is 37.8 Å². The zero-order valence-corrected chi connectivity index (χ0v) is 38.5. The smallest absolute Gasteiger partial charge is 0.366 e. The summed E-state index contributed by atoms with van der Waals surface area (Å²) in [7, 11) is -1.44. The summed E-state index contributed by atoms with van der Waals surface area (Å²) in [6.07, 6.45) is 36.9. The molecule has 2 atom stereocenters. The quantitative estimate of drug-likeness (QED) is 0.0674. The monoisotopic (exact) mass is 1070 g/mol. The number of rotatable bonds is 6. The Balaban J connectivity index is 0.000000156. The first-order valence-electron chi connectivity index (χ1n) is 20.0. The summed E-state index contributed by atoms with van der Waals surface area (Å²) in [6, 6.07) is 51.5. The van der Waals surface area contributed by atoms with Gasteiger partial charge in [0, 0.05) is 6.42 Å². The average Bonchev–Trinajstić information content (AvgIpc) is 3.87. The number of benzene rings is 6. The number of hydrogen-bond acceptors (Lipinski definition) is 0. The van der Waals surface area contributed by atoms with Gasteiger partial charge in [0.15, 0.2) is 5.90 Å². The summed E-state index contributed by atoms with van der Waals surface area (Å²) in [5.41, 5.74) is 12.8. The van der Waals surface area contributed by atoms with Crippen LogP contribution < -0.4 is 10.6 Å². The fraction of sp³-hybridized carbons (Fsp3) is 0.127. The molecule has 4 heteroatoms. The van der Waals surface area contributed by atoms with Crippen molar-refractivity contribution in [3.05, 3.63) is 240 Å². The van der Waals surface area contributed by atoms with Crippen LogP contribution >= 0.6 is 15.8 Å². The van der Waals surface area contributed by atoms with Crippen LogP contribution in [-0.2, 0) is 57.6 Å². The van der Waals surface area contributed by atoms with E-state index in [9.17, 15) is 0 Å². The number of hydrogen-bond donors (Lipinski definition) is 0. The predicted octanol–water partition coefficient (Wildman–Crippen LogP) is 12.5. The molecular formula is C55H46AgAuP2+2. The van der Waals surface area contributed by atoms with Gasteiger partial charge in [-0.1, -0.05) is 156 Å². The predicted molar refractivity (Wildman–Crippen MR) is 249 cm³/mol. The van der Waals surface area contributed by atoms with Crippen LogP contribution in [0.25, 0.3) is 22.3 Å². The van der Waals surface area contributed by atoms with E-state index in [4.69, 9.17) is 12.8 Å². The molecule has 0 heterocycles. The fourth-order valence-electron chi connectivity index (χ4n) is 8.56. The first-order chi connectivity index (χ1) is 28.2. The van der Waals surface area contributed by atoms with Gasteiger partial charge >= 0.3 is 44.8 Å². The Hall–Kier alpha value is -4.26. The van der Waals surface area contributed by atoms with Crippen LogP contribution in [0.4, 0.5) is 0 Å². The minimum absolute atomic E-state index is 0. The van der Waals surface area contributed by atoms with Gasteiger partial charge in [-0.05, 0) is 90.4 Å². The van der Waals surface area contributed by atoms with Crippen molar-refractivity contribution >= 4 is 26.5 Å². The second kappa shape index (κ2) is 21.8.